The predicted octanol–water partition coefficient (Wildman–Crippen LogP) is 4.06. The van der Waals surface area contributed by atoms with E-state index in [0.29, 0.717) is 42.4 Å². The fourth-order valence-electron chi connectivity index (χ4n) is 5.32. The van der Waals surface area contributed by atoms with E-state index in [0.717, 1.165) is 29.7 Å². The Morgan fingerprint density at radius 1 is 0.949 bits per heavy atom. The molecule has 1 aliphatic rings. The lowest BCUT2D eigenvalue weighted by molar-refractivity contribution is 0.204. The Morgan fingerprint density at radius 2 is 1.67 bits per heavy atom. The van der Waals surface area contributed by atoms with Gasteiger partial charge in [0.05, 0.1) is 5.69 Å². The summed E-state index contributed by atoms with van der Waals surface area (Å²) in [4.78, 5) is 36.6. The number of aliphatic hydroxyl groups excluding tert-OH is 1. The third-order valence-corrected chi connectivity index (χ3v) is 7.54. The number of aliphatic hydroxyl groups is 1. The minimum absolute atomic E-state index is 0.0850. The minimum Gasteiger partial charge on any atom is -0.474 e. The zero-order valence-corrected chi connectivity index (χ0v) is 23.0. The molecule has 0 unspecified atom stereocenters. The highest BCUT2D eigenvalue weighted by atomic mass is 16.5. The van der Waals surface area contributed by atoms with Gasteiger partial charge in [-0.05, 0) is 45.7 Å². The van der Waals surface area contributed by atoms with Gasteiger partial charge in [-0.25, -0.2) is 14.8 Å². The van der Waals surface area contributed by atoms with Crippen LogP contribution in [-0.2, 0) is 19.6 Å². The fraction of sp³-hybridized carbons (Fsp3) is 0.400. The van der Waals surface area contributed by atoms with E-state index in [-0.39, 0.29) is 19.3 Å². The fourth-order valence-corrected chi connectivity index (χ4v) is 5.32. The number of hydrogen-bond donors (Lipinski definition) is 1. The van der Waals surface area contributed by atoms with Gasteiger partial charge in [-0.2, -0.15) is 0 Å². The Kier molecular flexibility index (Phi) is 7.52. The summed E-state index contributed by atoms with van der Waals surface area (Å²) in [5, 5.41) is 9.36. The topological polar surface area (TPSA) is 104 Å². The number of aryl methyl sites for hydroxylation is 2. The van der Waals surface area contributed by atoms with Crippen LogP contribution in [0, 0.1) is 6.92 Å². The van der Waals surface area contributed by atoms with Gasteiger partial charge in [-0.15, -0.1) is 0 Å². The lowest BCUT2D eigenvalue weighted by Crippen LogP contribution is -2.40. The van der Waals surface area contributed by atoms with Crippen LogP contribution in [0.4, 0.5) is 0 Å². The summed E-state index contributed by atoms with van der Waals surface area (Å²) in [5.41, 5.74) is 5.10. The first-order valence-corrected chi connectivity index (χ1v) is 13.5. The van der Waals surface area contributed by atoms with Crippen molar-refractivity contribution in [3.8, 4) is 17.3 Å². The average molecular weight is 530 g/mol. The largest absolute Gasteiger partial charge is 0.474 e. The monoisotopic (exact) mass is 529 g/mol. The molecule has 0 spiro atoms. The molecule has 39 heavy (non-hydrogen) atoms. The standard InChI is InChI=1S/C30H35N5O4/c1-5-33-28-26(29(37)34(30(33)38)14-9-15-36)35(18-22-10-7-6-8-11-22)27(32-28)24-12-13-25(31-21(24)4)39-23-16-19(2)20(3)17-23/h6-8,10-13,23,36H,5,9,14-18H2,1-4H3. The van der Waals surface area contributed by atoms with Crippen LogP contribution in [-0.4, -0.2) is 41.5 Å². The maximum Gasteiger partial charge on any atom is 0.332 e. The quantitative estimate of drug-likeness (QED) is 0.328. The van der Waals surface area contributed by atoms with Crippen LogP contribution in [0.2, 0.25) is 0 Å². The normalized spacial score (nSPS) is 14.1. The molecule has 0 amide bonds. The molecule has 0 aliphatic heterocycles. The van der Waals surface area contributed by atoms with Crippen molar-refractivity contribution in [1.82, 2.24) is 23.7 Å². The number of ether oxygens (including phenoxy) is 1. The van der Waals surface area contributed by atoms with E-state index in [4.69, 9.17) is 14.7 Å². The van der Waals surface area contributed by atoms with Gasteiger partial charge in [0.25, 0.3) is 5.56 Å². The molecule has 9 nitrogen and oxygen atoms in total. The van der Waals surface area contributed by atoms with Crippen LogP contribution in [0.1, 0.15) is 51.3 Å². The molecule has 4 aromatic rings. The Hall–Kier alpha value is -3.98. The van der Waals surface area contributed by atoms with Gasteiger partial charge in [0.2, 0.25) is 5.88 Å². The minimum atomic E-state index is -0.422. The van der Waals surface area contributed by atoms with Gasteiger partial charge < -0.3 is 14.4 Å². The number of imidazole rings is 1. The number of aromatic nitrogens is 5. The van der Waals surface area contributed by atoms with E-state index in [9.17, 15) is 14.7 Å². The molecule has 3 aromatic heterocycles. The second kappa shape index (κ2) is 11.0. The van der Waals surface area contributed by atoms with Crippen molar-refractivity contribution in [2.75, 3.05) is 6.61 Å². The Bertz CT molecular complexity index is 1650. The van der Waals surface area contributed by atoms with E-state index >= 15 is 0 Å². The molecular formula is C30H35N5O4. The number of rotatable bonds is 9. The van der Waals surface area contributed by atoms with Crippen LogP contribution >= 0.6 is 0 Å². The number of benzene rings is 1. The summed E-state index contributed by atoms with van der Waals surface area (Å²) in [6, 6.07) is 13.6. The van der Waals surface area contributed by atoms with E-state index in [1.165, 1.54) is 20.3 Å². The maximum absolute atomic E-state index is 13.7. The molecule has 0 saturated heterocycles. The van der Waals surface area contributed by atoms with Crippen LogP contribution in [0.3, 0.4) is 0 Å². The first-order chi connectivity index (χ1) is 18.8. The third-order valence-electron chi connectivity index (χ3n) is 7.54. The highest BCUT2D eigenvalue weighted by Crippen LogP contribution is 2.31. The van der Waals surface area contributed by atoms with Gasteiger partial charge in [0.1, 0.15) is 11.9 Å². The lowest BCUT2D eigenvalue weighted by Gasteiger charge is -2.15. The molecule has 0 radical (unpaired) electrons. The molecular weight excluding hydrogens is 494 g/mol. The smallest absolute Gasteiger partial charge is 0.332 e. The van der Waals surface area contributed by atoms with Crippen molar-refractivity contribution >= 4 is 11.2 Å². The second-order valence-electron chi connectivity index (χ2n) is 10.2. The van der Waals surface area contributed by atoms with Crippen molar-refractivity contribution in [1.29, 1.82) is 0 Å². The van der Waals surface area contributed by atoms with Crippen molar-refractivity contribution in [2.24, 2.45) is 0 Å². The number of hydrogen-bond acceptors (Lipinski definition) is 6. The van der Waals surface area contributed by atoms with E-state index in [2.05, 4.69) is 13.8 Å². The van der Waals surface area contributed by atoms with Gasteiger partial charge in [-0.1, -0.05) is 41.5 Å². The molecule has 204 valence electrons. The van der Waals surface area contributed by atoms with Crippen molar-refractivity contribution < 1.29 is 9.84 Å². The van der Waals surface area contributed by atoms with Gasteiger partial charge >= 0.3 is 5.69 Å². The molecule has 1 N–H and O–H groups in total. The molecule has 0 saturated carbocycles. The van der Waals surface area contributed by atoms with Gasteiger partial charge in [0, 0.05) is 50.7 Å². The average Bonchev–Trinajstić information content (AvgIpc) is 3.43. The first-order valence-electron chi connectivity index (χ1n) is 13.5. The molecule has 1 aromatic carbocycles. The molecule has 0 bridgehead atoms. The molecule has 0 atom stereocenters. The van der Waals surface area contributed by atoms with Gasteiger partial charge in [-0.3, -0.25) is 13.9 Å². The van der Waals surface area contributed by atoms with Crippen LogP contribution < -0.4 is 16.0 Å². The van der Waals surface area contributed by atoms with E-state index in [1.54, 1.807) is 0 Å². The Labute approximate surface area is 227 Å². The van der Waals surface area contributed by atoms with Gasteiger partial charge in [0.15, 0.2) is 11.2 Å². The predicted molar refractivity (Wildman–Crippen MR) is 151 cm³/mol. The lowest BCUT2D eigenvalue weighted by atomic mass is 10.1. The number of nitrogens with zero attached hydrogens (tertiary/aromatic N) is 5. The summed E-state index contributed by atoms with van der Waals surface area (Å²) in [6.07, 6.45) is 2.20. The molecule has 9 heteroatoms. The molecule has 1 aliphatic carbocycles. The number of pyridine rings is 1. The maximum atomic E-state index is 13.7. The summed E-state index contributed by atoms with van der Waals surface area (Å²) >= 11 is 0. The Morgan fingerprint density at radius 3 is 2.31 bits per heavy atom. The zero-order valence-electron chi connectivity index (χ0n) is 23.0. The Balaban J connectivity index is 1.66. The SMILES string of the molecule is CCn1c(=O)n(CCCO)c(=O)c2c1nc(-c1ccc(OC3CC(C)=C(C)C3)nc1C)n2Cc1ccccc1. The summed E-state index contributed by atoms with van der Waals surface area (Å²) in [6.45, 7) is 8.83. The summed E-state index contributed by atoms with van der Waals surface area (Å²) < 4.78 is 10.8. The third kappa shape index (κ3) is 5.06. The van der Waals surface area contributed by atoms with Crippen LogP contribution in [0.25, 0.3) is 22.6 Å². The van der Waals surface area contributed by atoms with E-state index < -0.39 is 11.2 Å². The molecule has 3 heterocycles. The van der Waals surface area contributed by atoms with Crippen molar-refractivity contribution in [2.45, 2.75) is 72.7 Å². The number of fused-ring (bicyclic) bond motifs is 1. The first kappa shape index (κ1) is 26.6. The molecule has 0 fully saturated rings. The summed E-state index contributed by atoms with van der Waals surface area (Å²) in [7, 11) is 0. The highest BCUT2D eigenvalue weighted by Gasteiger charge is 2.25. The van der Waals surface area contributed by atoms with Crippen molar-refractivity contribution in [3.63, 3.8) is 0 Å². The summed E-state index contributed by atoms with van der Waals surface area (Å²) in [5.74, 6) is 1.13. The van der Waals surface area contributed by atoms with Crippen molar-refractivity contribution in [3.05, 3.63) is 85.7 Å². The van der Waals surface area contributed by atoms with E-state index in [1.807, 2.05) is 60.9 Å². The van der Waals surface area contributed by atoms with Crippen LogP contribution in [0.5, 0.6) is 5.88 Å². The zero-order chi connectivity index (χ0) is 27.7. The molecule has 5 rings (SSSR count). The van der Waals surface area contributed by atoms with Crippen LogP contribution in [0.15, 0.2) is 63.2 Å². The second-order valence-corrected chi connectivity index (χ2v) is 10.2. The highest BCUT2D eigenvalue weighted by molar-refractivity contribution is 5.78.